The van der Waals surface area contributed by atoms with Gasteiger partial charge in [0.15, 0.2) is 6.10 Å². The van der Waals surface area contributed by atoms with E-state index in [1.54, 1.807) is 18.2 Å². The molecule has 0 unspecified atom stereocenters. The van der Waals surface area contributed by atoms with Gasteiger partial charge in [-0.1, -0.05) is 61.8 Å². The standard InChI is InChI=1S/C22H21ClN2O3/c1-13(2)15-8-4-6-10-18(15)25-21(26)14(3)28-22(27)17-12-20(23)24-19-11-7-5-9-16(17)19/h4-14H,1-3H3,(H,25,26)/t14-/m0/s1. The summed E-state index contributed by atoms with van der Waals surface area (Å²) < 4.78 is 5.40. The third kappa shape index (κ3) is 4.31. The number of benzene rings is 2. The molecule has 0 radical (unpaired) electrons. The number of nitrogens with zero attached hydrogens (tertiary/aromatic N) is 1. The number of rotatable bonds is 5. The maximum Gasteiger partial charge on any atom is 0.339 e. The molecule has 1 aromatic heterocycles. The number of aromatic nitrogens is 1. The SMILES string of the molecule is CC(C)c1ccccc1NC(=O)[C@H](C)OC(=O)c1cc(Cl)nc2ccccc12. The summed E-state index contributed by atoms with van der Waals surface area (Å²) >= 11 is 6.02. The quantitative estimate of drug-likeness (QED) is 0.475. The summed E-state index contributed by atoms with van der Waals surface area (Å²) in [6.45, 7) is 5.63. The zero-order valence-corrected chi connectivity index (χ0v) is 16.7. The van der Waals surface area contributed by atoms with E-state index in [4.69, 9.17) is 16.3 Å². The number of pyridine rings is 1. The van der Waals surface area contributed by atoms with Crippen LogP contribution in [0.4, 0.5) is 5.69 Å². The van der Waals surface area contributed by atoms with Crippen LogP contribution in [0.5, 0.6) is 0 Å². The third-order valence-electron chi connectivity index (χ3n) is 4.40. The molecule has 28 heavy (non-hydrogen) atoms. The minimum atomic E-state index is -0.974. The van der Waals surface area contributed by atoms with Gasteiger partial charge >= 0.3 is 5.97 Å². The number of nitrogens with one attached hydrogen (secondary N) is 1. The number of carbonyl (C=O) groups excluding carboxylic acids is 2. The number of hydrogen-bond donors (Lipinski definition) is 1. The van der Waals surface area contributed by atoms with Crippen LogP contribution in [0.1, 0.15) is 42.6 Å². The maximum absolute atomic E-state index is 12.7. The molecule has 0 aliphatic heterocycles. The Kier molecular flexibility index (Phi) is 5.95. The molecule has 1 atom stereocenters. The van der Waals surface area contributed by atoms with Crippen molar-refractivity contribution in [3.63, 3.8) is 0 Å². The van der Waals surface area contributed by atoms with E-state index in [0.717, 1.165) is 5.56 Å². The van der Waals surface area contributed by atoms with E-state index in [1.165, 1.54) is 13.0 Å². The van der Waals surface area contributed by atoms with Gasteiger partial charge in [-0.2, -0.15) is 0 Å². The molecule has 0 spiro atoms. The molecule has 0 aliphatic rings. The second-order valence-corrected chi connectivity index (χ2v) is 7.18. The monoisotopic (exact) mass is 396 g/mol. The van der Waals surface area contributed by atoms with E-state index in [-0.39, 0.29) is 16.6 Å². The highest BCUT2D eigenvalue weighted by molar-refractivity contribution is 6.30. The third-order valence-corrected chi connectivity index (χ3v) is 4.59. The Morgan fingerprint density at radius 1 is 1.04 bits per heavy atom. The van der Waals surface area contributed by atoms with Crippen molar-refractivity contribution >= 4 is 40.1 Å². The first-order valence-corrected chi connectivity index (χ1v) is 9.40. The highest BCUT2D eigenvalue weighted by atomic mass is 35.5. The highest BCUT2D eigenvalue weighted by Gasteiger charge is 2.22. The van der Waals surface area contributed by atoms with Crippen molar-refractivity contribution in [3.05, 3.63) is 70.9 Å². The van der Waals surface area contributed by atoms with Crippen LogP contribution < -0.4 is 5.32 Å². The molecule has 0 saturated heterocycles. The number of carbonyl (C=O) groups is 2. The molecule has 1 amide bonds. The molecule has 5 nitrogen and oxygen atoms in total. The van der Waals surface area contributed by atoms with Crippen molar-refractivity contribution in [2.75, 3.05) is 5.32 Å². The van der Waals surface area contributed by atoms with Gasteiger partial charge in [0, 0.05) is 11.1 Å². The van der Waals surface area contributed by atoms with Crippen LogP contribution in [0.15, 0.2) is 54.6 Å². The lowest BCUT2D eigenvalue weighted by Crippen LogP contribution is -2.30. The Morgan fingerprint density at radius 2 is 1.71 bits per heavy atom. The number of esters is 1. The number of amides is 1. The molecular weight excluding hydrogens is 376 g/mol. The molecule has 0 bridgehead atoms. The minimum absolute atomic E-state index is 0.189. The Balaban J connectivity index is 1.77. The van der Waals surface area contributed by atoms with Crippen LogP contribution in [0.25, 0.3) is 10.9 Å². The Morgan fingerprint density at radius 3 is 2.46 bits per heavy atom. The molecule has 0 fully saturated rings. The van der Waals surface area contributed by atoms with Gasteiger partial charge < -0.3 is 10.1 Å². The first-order valence-electron chi connectivity index (χ1n) is 9.03. The summed E-state index contributed by atoms with van der Waals surface area (Å²) in [7, 11) is 0. The Hall–Kier alpha value is -2.92. The minimum Gasteiger partial charge on any atom is -0.449 e. The van der Waals surface area contributed by atoms with Gasteiger partial charge in [0.05, 0.1) is 11.1 Å². The van der Waals surface area contributed by atoms with Crippen LogP contribution in [0.2, 0.25) is 5.15 Å². The summed E-state index contributed by atoms with van der Waals surface area (Å²) in [5, 5.41) is 3.65. The summed E-state index contributed by atoms with van der Waals surface area (Å²) in [6, 6.07) is 16.1. The fourth-order valence-corrected chi connectivity index (χ4v) is 3.14. The highest BCUT2D eigenvalue weighted by Crippen LogP contribution is 2.25. The van der Waals surface area contributed by atoms with E-state index >= 15 is 0 Å². The lowest BCUT2D eigenvalue weighted by Gasteiger charge is -2.17. The maximum atomic E-state index is 12.7. The van der Waals surface area contributed by atoms with E-state index in [2.05, 4.69) is 10.3 Å². The van der Waals surface area contributed by atoms with Gasteiger partial charge in [-0.25, -0.2) is 9.78 Å². The second kappa shape index (κ2) is 8.40. The van der Waals surface area contributed by atoms with Crippen LogP contribution in [-0.2, 0) is 9.53 Å². The average Bonchev–Trinajstić information content (AvgIpc) is 2.67. The van der Waals surface area contributed by atoms with Gasteiger partial charge in [-0.05, 0) is 36.6 Å². The largest absolute Gasteiger partial charge is 0.449 e. The Bertz CT molecular complexity index is 1030. The van der Waals surface area contributed by atoms with Crippen molar-refractivity contribution < 1.29 is 14.3 Å². The van der Waals surface area contributed by atoms with Crippen LogP contribution >= 0.6 is 11.6 Å². The Labute approximate surface area is 168 Å². The zero-order valence-electron chi connectivity index (χ0n) is 15.9. The van der Waals surface area contributed by atoms with Gasteiger partial charge in [0.1, 0.15) is 5.15 Å². The number of halogens is 1. The first kappa shape index (κ1) is 19.8. The lowest BCUT2D eigenvalue weighted by molar-refractivity contribution is -0.123. The molecule has 6 heteroatoms. The average molecular weight is 397 g/mol. The number of anilines is 1. The molecule has 2 aromatic carbocycles. The second-order valence-electron chi connectivity index (χ2n) is 6.79. The van der Waals surface area contributed by atoms with Crippen LogP contribution in [0, 0.1) is 0 Å². The zero-order chi connectivity index (χ0) is 20.3. The number of ether oxygens (including phenoxy) is 1. The van der Waals surface area contributed by atoms with E-state index in [9.17, 15) is 9.59 Å². The number of para-hydroxylation sites is 2. The van der Waals surface area contributed by atoms with Gasteiger partial charge in [0.2, 0.25) is 0 Å². The van der Waals surface area contributed by atoms with Crippen molar-refractivity contribution in [2.24, 2.45) is 0 Å². The molecule has 0 saturated carbocycles. The van der Waals surface area contributed by atoms with Gasteiger partial charge in [-0.3, -0.25) is 4.79 Å². The van der Waals surface area contributed by atoms with E-state index in [0.29, 0.717) is 16.6 Å². The van der Waals surface area contributed by atoms with Gasteiger partial charge in [0.25, 0.3) is 5.91 Å². The fourth-order valence-electron chi connectivity index (χ4n) is 2.94. The molecule has 1 N–H and O–H groups in total. The van der Waals surface area contributed by atoms with Crippen LogP contribution in [-0.4, -0.2) is 23.0 Å². The van der Waals surface area contributed by atoms with E-state index < -0.39 is 18.0 Å². The molecule has 3 aromatic rings. The normalized spacial score (nSPS) is 12.0. The number of fused-ring (bicyclic) bond motifs is 1. The van der Waals surface area contributed by atoms with Crippen molar-refractivity contribution in [3.8, 4) is 0 Å². The van der Waals surface area contributed by atoms with Gasteiger partial charge in [-0.15, -0.1) is 0 Å². The van der Waals surface area contributed by atoms with Crippen molar-refractivity contribution in [1.82, 2.24) is 4.98 Å². The summed E-state index contributed by atoms with van der Waals surface area (Å²) in [5.74, 6) is -0.772. The molecule has 144 valence electrons. The predicted molar refractivity (Wildman–Crippen MR) is 111 cm³/mol. The molecule has 0 aliphatic carbocycles. The lowest BCUT2D eigenvalue weighted by atomic mass is 10.0. The van der Waals surface area contributed by atoms with Crippen molar-refractivity contribution in [1.29, 1.82) is 0 Å². The number of hydrogen-bond acceptors (Lipinski definition) is 4. The fraction of sp³-hybridized carbons (Fsp3) is 0.227. The molecule has 1 heterocycles. The van der Waals surface area contributed by atoms with E-state index in [1.807, 2.05) is 44.2 Å². The topological polar surface area (TPSA) is 68.3 Å². The van der Waals surface area contributed by atoms with Crippen molar-refractivity contribution in [2.45, 2.75) is 32.8 Å². The first-order chi connectivity index (χ1) is 13.4. The van der Waals surface area contributed by atoms with Crippen LogP contribution in [0.3, 0.4) is 0 Å². The molecular formula is C22H21ClN2O3. The predicted octanol–water partition coefficient (Wildman–Crippen LogP) is 5.20. The molecule has 3 rings (SSSR count). The summed E-state index contributed by atoms with van der Waals surface area (Å²) in [4.78, 5) is 29.4. The summed E-state index contributed by atoms with van der Waals surface area (Å²) in [6.07, 6.45) is -0.974. The smallest absolute Gasteiger partial charge is 0.339 e. The summed E-state index contributed by atoms with van der Waals surface area (Å²) in [5.41, 5.74) is 2.59.